The van der Waals surface area contributed by atoms with Crippen LogP contribution in [0.25, 0.3) is 0 Å². The van der Waals surface area contributed by atoms with E-state index in [4.69, 9.17) is 0 Å². The first-order chi connectivity index (χ1) is 13.7. The number of aliphatic hydroxyl groups excluding tert-OH is 1. The van der Waals surface area contributed by atoms with E-state index in [9.17, 15) is 22.5 Å². The Balaban J connectivity index is 1.25. The Kier molecular flexibility index (Phi) is 3.94. The molecule has 8 nitrogen and oxygen atoms in total. The van der Waals surface area contributed by atoms with Gasteiger partial charge in [-0.15, -0.1) is 0 Å². The van der Waals surface area contributed by atoms with Gasteiger partial charge in [0.25, 0.3) is 5.91 Å². The van der Waals surface area contributed by atoms with Crippen molar-refractivity contribution in [3.8, 4) is 0 Å². The largest absolute Gasteiger partial charge is 0.506 e. The van der Waals surface area contributed by atoms with Gasteiger partial charge in [0.1, 0.15) is 12.3 Å². The minimum absolute atomic E-state index is 0.0547. The van der Waals surface area contributed by atoms with Crippen molar-refractivity contribution in [3.05, 3.63) is 53.9 Å². The predicted molar refractivity (Wildman–Crippen MR) is 108 cm³/mol. The first-order valence-corrected chi connectivity index (χ1v) is 12.4. The summed E-state index contributed by atoms with van der Waals surface area (Å²) in [5.74, 6) is -0.692. The first-order valence-electron chi connectivity index (χ1n) is 9.43. The van der Waals surface area contributed by atoms with Crippen LogP contribution in [0.3, 0.4) is 0 Å². The summed E-state index contributed by atoms with van der Waals surface area (Å²) in [7, 11) is -6.18. The van der Waals surface area contributed by atoms with Crippen molar-refractivity contribution >= 4 is 30.7 Å². The fourth-order valence-corrected chi connectivity index (χ4v) is 8.44. The van der Waals surface area contributed by atoms with Gasteiger partial charge in [-0.05, 0) is 43.4 Å². The normalized spacial score (nSPS) is 34.6. The van der Waals surface area contributed by atoms with Gasteiger partial charge in [0.2, 0.25) is 0 Å². The van der Waals surface area contributed by atoms with Crippen LogP contribution in [0.1, 0.15) is 25.7 Å². The first kappa shape index (κ1) is 18.7. The number of benzene rings is 1. The van der Waals surface area contributed by atoms with Crippen LogP contribution in [0, 0.1) is 5.92 Å². The van der Waals surface area contributed by atoms with Gasteiger partial charge in [-0.1, -0.05) is 24.3 Å². The molecule has 0 aromatic heterocycles. The van der Waals surface area contributed by atoms with Gasteiger partial charge in [-0.2, -0.15) is 8.42 Å². The van der Waals surface area contributed by atoms with Crippen LogP contribution in [0.15, 0.2) is 58.8 Å². The lowest BCUT2D eigenvalue weighted by atomic mass is 9.91. The number of hydrogen-bond acceptors (Lipinski definition) is 5. The molecule has 1 amide bonds. The number of amides is 1. The topological polar surface area (TPSA) is 116 Å². The molecule has 5 rings (SSSR count). The van der Waals surface area contributed by atoms with Gasteiger partial charge in [0.05, 0.1) is 20.9 Å². The van der Waals surface area contributed by atoms with E-state index < -0.39 is 25.8 Å². The molecule has 2 aliphatic heterocycles. The molecule has 2 heterocycles. The maximum atomic E-state index is 13.1. The van der Waals surface area contributed by atoms with Crippen molar-refractivity contribution in [1.29, 1.82) is 0 Å². The molecule has 1 aromatic rings. The van der Waals surface area contributed by atoms with Crippen molar-refractivity contribution in [2.24, 2.45) is 5.92 Å². The summed E-state index contributed by atoms with van der Waals surface area (Å²) < 4.78 is 43.1. The highest BCUT2D eigenvalue weighted by Crippen LogP contribution is 2.49. The molecule has 0 spiro atoms. The highest BCUT2D eigenvalue weighted by atomic mass is 32.2. The molecule has 29 heavy (non-hydrogen) atoms. The SMILES string of the molecule is O=C1CN(C2=CCC(CCC34CC3=S(=O)(c3ccccc3)N4)C=C2O)S(=O)(=O)N1. The zero-order valence-corrected chi connectivity index (χ0v) is 17.1. The average molecular weight is 436 g/mol. The maximum Gasteiger partial charge on any atom is 0.326 e. The van der Waals surface area contributed by atoms with Gasteiger partial charge in [0, 0.05) is 16.2 Å². The summed E-state index contributed by atoms with van der Waals surface area (Å²) in [4.78, 5) is 13.3. The Morgan fingerprint density at radius 2 is 1.97 bits per heavy atom. The highest BCUT2D eigenvalue weighted by molar-refractivity contribution is 8.03. The molecule has 2 aliphatic carbocycles. The summed E-state index contributed by atoms with van der Waals surface area (Å²) in [6.45, 7) is -0.323. The molecule has 4 aliphatic rings. The Labute approximate surface area is 169 Å². The van der Waals surface area contributed by atoms with E-state index in [2.05, 4.69) is 4.72 Å². The standard InChI is InChI=1S/C19H21N3O5S2/c23-16-10-13(6-7-15(16)22-12-18(24)20-29(22,26)27)8-9-19-11-17(19)28(25,21-19)14-4-2-1-3-5-14/h1-5,7,10,13,23H,6,8-9,11-12H2,(H,20,24)(H,21,25). The minimum Gasteiger partial charge on any atom is -0.506 e. The fourth-order valence-electron chi connectivity index (χ4n) is 4.35. The summed E-state index contributed by atoms with van der Waals surface area (Å²) in [6, 6.07) is 9.43. The molecule has 3 N–H and O–H groups in total. The lowest BCUT2D eigenvalue weighted by Crippen LogP contribution is -2.49. The van der Waals surface area contributed by atoms with E-state index in [1.54, 1.807) is 12.2 Å². The molecule has 1 saturated carbocycles. The van der Waals surface area contributed by atoms with Crippen LogP contribution in [0.5, 0.6) is 0 Å². The third-order valence-corrected chi connectivity index (χ3v) is 10.2. The Bertz CT molecular complexity index is 1200. The van der Waals surface area contributed by atoms with Crippen LogP contribution >= 0.6 is 0 Å². The second-order valence-electron chi connectivity index (χ2n) is 7.87. The van der Waals surface area contributed by atoms with Crippen molar-refractivity contribution < 1.29 is 22.5 Å². The second kappa shape index (κ2) is 6.10. The van der Waals surface area contributed by atoms with Gasteiger partial charge in [-0.25, -0.2) is 18.0 Å². The molecule has 3 atom stereocenters. The molecular weight excluding hydrogens is 414 g/mol. The zero-order valence-electron chi connectivity index (χ0n) is 15.5. The summed E-state index contributed by atoms with van der Waals surface area (Å²) in [6.07, 6.45) is 6.28. The van der Waals surface area contributed by atoms with Gasteiger partial charge in [-0.3, -0.25) is 4.79 Å². The molecule has 3 unspecified atom stereocenters. The summed E-state index contributed by atoms with van der Waals surface area (Å²) in [5, 5.41) is 10.3. The van der Waals surface area contributed by atoms with Gasteiger partial charge >= 0.3 is 10.2 Å². The number of nitrogens with one attached hydrogen (secondary N) is 2. The molecule has 2 fully saturated rings. The Hall–Kier alpha value is -2.30. The van der Waals surface area contributed by atoms with Crippen LogP contribution in [-0.2, 0) is 24.7 Å². The van der Waals surface area contributed by atoms with E-state index in [-0.39, 0.29) is 29.5 Å². The number of allylic oxidation sites excluding steroid dienone is 2. The quantitative estimate of drug-likeness (QED) is 0.596. The number of nitrogens with zero attached hydrogens (tertiary/aromatic N) is 1. The Morgan fingerprint density at radius 3 is 2.59 bits per heavy atom. The van der Waals surface area contributed by atoms with E-state index >= 15 is 0 Å². The van der Waals surface area contributed by atoms with Crippen molar-refractivity contribution in [2.75, 3.05) is 6.54 Å². The third-order valence-electron chi connectivity index (χ3n) is 5.93. The van der Waals surface area contributed by atoms with Gasteiger partial charge in [0.15, 0.2) is 0 Å². The average Bonchev–Trinajstić information content (AvgIpc) is 3.21. The summed E-state index contributed by atoms with van der Waals surface area (Å²) >= 11 is 0. The number of aliphatic hydroxyl groups is 1. The molecule has 1 aromatic carbocycles. The van der Waals surface area contributed by atoms with Crippen LogP contribution in [0.4, 0.5) is 0 Å². The van der Waals surface area contributed by atoms with E-state index in [0.29, 0.717) is 6.42 Å². The lowest BCUT2D eigenvalue weighted by Gasteiger charge is -2.31. The molecule has 0 radical (unpaired) electrons. The van der Waals surface area contributed by atoms with Crippen molar-refractivity contribution in [1.82, 2.24) is 13.7 Å². The smallest absolute Gasteiger partial charge is 0.326 e. The number of fused-ring (bicyclic) bond motifs is 1. The molecule has 1 saturated heterocycles. The maximum absolute atomic E-state index is 13.1. The number of hydrogen-bond donors (Lipinski definition) is 3. The van der Waals surface area contributed by atoms with Gasteiger partial charge < -0.3 is 5.11 Å². The number of carbonyl (C=O) groups excluding carboxylic acids is 1. The fraction of sp³-hybridized carbons (Fsp3) is 0.368. The second-order valence-corrected chi connectivity index (χ2v) is 11.7. The van der Waals surface area contributed by atoms with Crippen LogP contribution in [-0.4, -0.2) is 44.9 Å². The number of rotatable bonds is 5. The van der Waals surface area contributed by atoms with Crippen LogP contribution in [0.2, 0.25) is 0 Å². The van der Waals surface area contributed by atoms with E-state index in [1.807, 2.05) is 35.1 Å². The molecule has 154 valence electrons. The van der Waals surface area contributed by atoms with E-state index in [0.717, 1.165) is 33.3 Å². The number of carbonyl (C=O) groups is 1. The molecule has 10 heteroatoms. The minimum atomic E-state index is -3.93. The molecule has 0 bridgehead atoms. The van der Waals surface area contributed by atoms with E-state index in [1.165, 1.54) is 0 Å². The summed E-state index contributed by atoms with van der Waals surface area (Å²) in [5.41, 5.74) is -0.0139. The van der Waals surface area contributed by atoms with Crippen LogP contribution < -0.4 is 9.44 Å². The highest BCUT2D eigenvalue weighted by Gasteiger charge is 2.62. The lowest BCUT2D eigenvalue weighted by molar-refractivity contribution is -0.118. The monoisotopic (exact) mass is 435 g/mol. The van der Waals surface area contributed by atoms with Crippen molar-refractivity contribution in [3.63, 3.8) is 0 Å². The molecular formula is C19H21N3O5S2. The third kappa shape index (κ3) is 2.89. The predicted octanol–water partition coefficient (Wildman–Crippen LogP) is 0.966. The Morgan fingerprint density at radius 1 is 1.21 bits per heavy atom. The van der Waals surface area contributed by atoms with Crippen molar-refractivity contribution in [2.45, 2.75) is 36.1 Å². The zero-order chi connectivity index (χ0) is 20.4.